The molecule has 3 atom stereocenters. The number of nitrogens with one attached hydrogen (secondary N) is 2. The lowest BCUT2D eigenvalue weighted by atomic mass is 9.86. The number of carbonyl (C=O) groups is 3. The first-order valence-electron chi connectivity index (χ1n) is 9.60. The van der Waals surface area contributed by atoms with E-state index < -0.39 is 30.4 Å². The summed E-state index contributed by atoms with van der Waals surface area (Å²) < 4.78 is 10.6. The number of amides is 3. The maximum Gasteiger partial charge on any atom is 0.321 e. The van der Waals surface area contributed by atoms with E-state index in [4.69, 9.17) is 21.1 Å². The highest BCUT2D eigenvalue weighted by atomic mass is 35.5. The molecule has 1 fully saturated rings. The van der Waals surface area contributed by atoms with Gasteiger partial charge in [-0.3, -0.25) is 14.9 Å². The van der Waals surface area contributed by atoms with Crippen LogP contribution in [0.5, 0.6) is 5.75 Å². The molecule has 1 aliphatic carbocycles. The van der Waals surface area contributed by atoms with Crippen LogP contribution in [0.1, 0.15) is 38.2 Å². The van der Waals surface area contributed by atoms with Gasteiger partial charge in [-0.15, -0.1) is 0 Å². The lowest BCUT2D eigenvalue weighted by molar-refractivity contribution is -0.153. The van der Waals surface area contributed by atoms with Gasteiger partial charge in [0.1, 0.15) is 12.4 Å². The Morgan fingerprint density at radius 2 is 2.04 bits per heavy atom. The van der Waals surface area contributed by atoms with Crippen LogP contribution in [0.25, 0.3) is 0 Å². The van der Waals surface area contributed by atoms with Crippen molar-refractivity contribution in [1.29, 1.82) is 0 Å². The molecule has 0 spiro atoms. The molecule has 0 unspecified atom stereocenters. The van der Waals surface area contributed by atoms with Gasteiger partial charge in [-0.25, -0.2) is 4.79 Å². The number of rotatable bonds is 4. The second-order valence-electron chi connectivity index (χ2n) is 7.46. The Morgan fingerprint density at radius 1 is 1.25 bits per heavy atom. The molecule has 1 aromatic carbocycles. The normalized spacial score (nSPS) is 23.7. The van der Waals surface area contributed by atoms with E-state index in [1.165, 1.54) is 0 Å². The fourth-order valence-electron chi connectivity index (χ4n) is 3.67. The van der Waals surface area contributed by atoms with E-state index in [1.54, 1.807) is 18.2 Å². The minimum atomic E-state index is -0.658. The standard InChI is InChI=1S/C20H25ClN2O5/c1-12-4-2-3-5-16(12)22-20(26)23-18(24)11-28-19(25)14-8-13-9-15(21)6-7-17(13)27-10-14/h6-7,9,12,14,16H,2-5,8,10-11H2,1H3,(H2,22,23,24,26)/t12-,14-,16-/m1/s1. The van der Waals surface area contributed by atoms with Gasteiger partial charge in [0.15, 0.2) is 6.61 Å². The highest BCUT2D eigenvalue weighted by Gasteiger charge is 2.28. The number of hydrogen-bond donors (Lipinski definition) is 2. The van der Waals surface area contributed by atoms with Crippen LogP contribution in [0, 0.1) is 11.8 Å². The summed E-state index contributed by atoms with van der Waals surface area (Å²) in [5.41, 5.74) is 0.825. The van der Waals surface area contributed by atoms with Gasteiger partial charge < -0.3 is 14.8 Å². The number of hydrogen-bond acceptors (Lipinski definition) is 5. The van der Waals surface area contributed by atoms with E-state index in [0.717, 1.165) is 31.2 Å². The molecule has 8 heteroatoms. The smallest absolute Gasteiger partial charge is 0.321 e. The summed E-state index contributed by atoms with van der Waals surface area (Å²) in [5, 5.41) is 5.60. The molecular formula is C20H25ClN2O5. The van der Waals surface area contributed by atoms with E-state index in [-0.39, 0.29) is 12.6 Å². The largest absolute Gasteiger partial charge is 0.492 e. The molecule has 0 aromatic heterocycles. The maximum atomic E-state index is 12.2. The predicted molar refractivity (Wildman–Crippen MR) is 103 cm³/mol. The van der Waals surface area contributed by atoms with E-state index in [9.17, 15) is 14.4 Å². The summed E-state index contributed by atoms with van der Waals surface area (Å²) in [5.74, 6) is -0.637. The van der Waals surface area contributed by atoms with Crippen LogP contribution < -0.4 is 15.4 Å². The van der Waals surface area contributed by atoms with Crippen LogP contribution in [0.3, 0.4) is 0 Å². The van der Waals surface area contributed by atoms with Gasteiger partial charge in [0, 0.05) is 11.1 Å². The third kappa shape index (κ3) is 5.38. The van der Waals surface area contributed by atoms with Crippen molar-refractivity contribution < 1.29 is 23.9 Å². The van der Waals surface area contributed by atoms with Crippen molar-refractivity contribution >= 4 is 29.5 Å². The molecule has 1 aliphatic heterocycles. The molecule has 1 aromatic rings. The lowest BCUT2D eigenvalue weighted by Crippen LogP contribution is -2.48. The number of esters is 1. The first kappa shape index (κ1) is 20.5. The van der Waals surface area contributed by atoms with Crippen molar-refractivity contribution in [3.05, 3.63) is 28.8 Å². The zero-order valence-corrected chi connectivity index (χ0v) is 16.6. The minimum Gasteiger partial charge on any atom is -0.492 e. The molecule has 1 saturated carbocycles. The number of imide groups is 1. The third-order valence-corrected chi connectivity index (χ3v) is 5.52. The molecule has 0 saturated heterocycles. The Hall–Kier alpha value is -2.28. The highest BCUT2D eigenvalue weighted by Crippen LogP contribution is 2.30. The van der Waals surface area contributed by atoms with Gasteiger partial charge in [0.05, 0.1) is 5.92 Å². The van der Waals surface area contributed by atoms with Crippen molar-refractivity contribution in [2.75, 3.05) is 13.2 Å². The number of carbonyl (C=O) groups excluding carboxylic acids is 3. The summed E-state index contributed by atoms with van der Waals surface area (Å²) in [4.78, 5) is 36.1. The van der Waals surface area contributed by atoms with Gasteiger partial charge in [-0.2, -0.15) is 0 Å². The Balaban J connectivity index is 1.41. The Morgan fingerprint density at radius 3 is 2.82 bits per heavy atom. The van der Waals surface area contributed by atoms with Crippen LogP contribution in [0.2, 0.25) is 5.02 Å². The maximum absolute atomic E-state index is 12.2. The molecular weight excluding hydrogens is 384 g/mol. The second-order valence-corrected chi connectivity index (χ2v) is 7.90. The van der Waals surface area contributed by atoms with E-state index in [2.05, 4.69) is 17.6 Å². The molecule has 3 amide bonds. The fraction of sp³-hybridized carbons (Fsp3) is 0.550. The minimum absolute atomic E-state index is 0.0652. The third-order valence-electron chi connectivity index (χ3n) is 5.29. The number of fused-ring (bicyclic) bond motifs is 1. The molecule has 0 radical (unpaired) electrons. The predicted octanol–water partition coefficient (Wildman–Crippen LogP) is 2.84. The van der Waals surface area contributed by atoms with E-state index in [1.807, 2.05) is 0 Å². The first-order chi connectivity index (χ1) is 13.4. The molecule has 7 nitrogen and oxygen atoms in total. The molecule has 2 N–H and O–H groups in total. The average molecular weight is 409 g/mol. The SMILES string of the molecule is C[C@@H]1CCCC[C@H]1NC(=O)NC(=O)COC(=O)[C@H]1COc2ccc(Cl)cc2C1. The fourth-order valence-corrected chi connectivity index (χ4v) is 3.86. The molecule has 28 heavy (non-hydrogen) atoms. The van der Waals surface area contributed by atoms with Crippen molar-refractivity contribution in [3.63, 3.8) is 0 Å². The van der Waals surface area contributed by atoms with Crippen LogP contribution in [-0.2, 0) is 20.7 Å². The average Bonchev–Trinajstić information content (AvgIpc) is 2.67. The summed E-state index contributed by atoms with van der Waals surface area (Å²) in [6, 6.07) is 4.75. The Bertz CT molecular complexity index is 754. The first-order valence-corrected chi connectivity index (χ1v) is 9.98. The van der Waals surface area contributed by atoms with Gasteiger partial charge in [-0.1, -0.05) is 31.4 Å². The van der Waals surface area contributed by atoms with E-state index in [0.29, 0.717) is 23.1 Å². The van der Waals surface area contributed by atoms with Crippen molar-refractivity contribution in [2.24, 2.45) is 11.8 Å². The highest BCUT2D eigenvalue weighted by molar-refractivity contribution is 6.30. The quantitative estimate of drug-likeness (QED) is 0.747. The van der Waals surface area contributed by atoms with Crippen LogP contribution >= 0.6 is 11.6 Å². The van der Waals surface area contributed by atoms with Crippen LogP contribution in [0.4, 0.5) is 4.79 Å². The molecule has 152 valence electrons. The Labute approximate surface area is 169 Å². The van der Waals surface area contributed by atoms with Crippen molar-refractivity contribution in [1.82, 2.24) is 10.6 Å². The summed E-state index contributed by atoms with van der Waals surface area (Å²) in [6.07, 6.45) is 4.63. The van der Waals surface area contributed by atoms with Crippen LogP contribution in [0.15, 0.2) is 18.2 Å². The van der Waals surface area contributed by atoms with Gasteiger partial charge >= 0.3 is 12.0 Å². The second kappa shape index (κ2) is 9.28. The van der Waals surface area contributed by atoms with Gasteiger partial charge in [0.25, 0.3) is 5.91 Å². The van der Waals surface area contributed by atoms with Gasteiger partial charge in [0.2, 0.25) is 0 Å². The molecule has 3 rings (SSSR count). The lowest BCUT2D eigenvalue weighted by Gasteiger charge is -2.29. The summed E-state index contributed by atoms with van der Waals surface area (Å²) in [6.45, 7) is 1.76. The van der Waals surface area contributed by atoms with Gasteiger partial charge in [-0.05, 0) is 48.9 Å². The molecule has 1 heterocycles. The number of ether oxygens (including phenoxy) is 2. The zero-order chi connectivity index (χ0) is 20.1. The Kier molecular flexibility index (Phi) is 6.78. The molecule has 0 bridgehead atoms. The summed E-state index contributed by atoms with van der Waals surface area (Å²) in [7, 11) is 0. The van der Waals surface area contributed by atoms with Crippen LogP contribution in [-0.4, -0.2) is 37.2 Å². The monoisotopic (exact) mass is 408 g/mol. The zero-order valence-electron chi connectivity index (χ0n) is 15.8. The number of benzene rings is 1. The van der Waals surface area contributed by atoms with Crippen molar-refractivity contribution in [2.45, 2.75) is 45.1 Å². The topological polar surface area (TPSA) is 93.7 Å². The van der Waals surface area contributed by atoms with E-state index >= 15 is 0 Å². The number of urea groups is 1. The van der Waals surface area contributed by atoms with Crippen molar-refractivity contribution in [3.8, 4) is 5.75 Å². The number of halogens is 1. The summed E-state index contributed by atoms with van der Waals surface area (Å²) >= 11 is 5.97. The molecule has 2 aliphatic rings.